The second-order valence-electron chi connectivity index (χ2n) is 5.38. The minimum Gasteiger partial charge on any atom is -0.508 e. The van der Waals surface area contributed by atoms with Crippen LogP contribution in [-0.4, -0.2) is 27.7 Å². The first-order valence-corrected chi connectivity index (χ1v) is 9.28. The van der Waals surface area contributed by atoms with Crippen molar-refractivity contribution in [3.05, 3.63) is 51.2 Å². The van der Waals surface area contributed by atoms with Crippen molar-refractivity contribution in [1.29, 1.82) is 0 Å². The summed E-state index contributed by atoms with van der Waals surface area (Å²) in [7, 11) is 0. The van der Waals surface area contributed by atoms with Gasteiger partial charge in [0.2, 0.25) is 0 Å². The number of aromatic nitrogens is 2. The van der Waals surface area contributed by atoms with E-state index in [2.05, 4.69) is 9.97 Å². The second-order valence-corrected chi connectivity index (χ2v) is 7.15. The Bertz CT molecular complexity index is 1030. The van der Waals surface area contributed by atoms with Gasteiger partial charge in [0.1, 0.15) is 20.6 Å². The minimum absolute atomic E-state index is 0.130. The van der Waals surface area contributed by atoms with Crippen LogP contribution in [0.15, 0.2) is 24.3 Å². The molecule has 0 fully saturated rings. The van der Waals surface area contributed by atoms with Crippen LogP contribution in [0.25, 0.3) is 21.3 Å². The Morgan fingerprint density at radius 2 is 2.15 bits per heavy atom. The van der Waals surface area contributed by atoms with Crippen LogP contribution in [0, 0.1) is 6.92 Å². The SMILES string of the molecule is CCOC(=O)c1sc2nc(/C(Cl)=C/c3cccc(O)c3)nc(Cl)c2c1C. The molecule has 0 amide bonds. The standard InChI is InChI=1S/C18H14Cl2N2O3S/c1-3-25-18(24)14-9(2)13-15(20)21-16(22-17(13)26-14)12(19)8-10-5-4-6-11(23)7-10/h4-8,23H,3H2,1-2H3/b12-8-. The van der Waals surface area contributed by atoms with Gasteiger partial charge >= 0.3 is 5.97 Å². The molecule has 0 bridgehead atoms. The van der Waals surface area contributed by atoms with Crippen molar-refractivity contribution in [3.8, 4) is 5.75 Å². The second kappa shape index (κ2) is 7.61. The molecule has 3 aromatic rings. The first-order chi connectivity index (χ1) is 12.4. The number of esters is 1. The highest BCUT2D eigenvalue weighted by Gasteiger charge is 2.21. The van der Waals surface area contributed by atoms with E-state index in [1.807, 2.05) is 0 Å². The normalized spacial score (nSPS) is 11.8. The van der Waals surface area contributed by atoms with Crippen molar-refractivity contribution in [2.24, 2.45) is 0 Å². The fourth-order valence-corrected chi connectivity index (χ4v) is 4.07. The van der Waals surface area contributed by atoms with Crippen molar-refractivity contribution in [3.63, 3.8) is 0 Å². The third-order valence-electron chi connectivity index (χ3n) is 3.58. The Morgan fingerprint density at radius 1 is 1.38 bits per heavy atom. The number of fused-ring (bicyclic) bond motifs is 1. The maximum atomic E-state index is 12.1. The Kier molecular flexibility index (Phi) is 5.46. The van der Waals surface area contributed by atoms with Gasteiger partial charge < -0.3 is 9.84 Å². The Balaban J connectivity index is 2.07. The lowest BCUT2D eigenvalue weighted by Crippen LogP contribution is -2.03. The van der Waals surface area contributed by atoms with Gasteiger partial charge in [-0.15, -0.1) is 11.3 Å². The molecule has 0 aliphatic heterocycles. The number of hydrogen-bond acceptors (Lipinski definition) is 6. The van der Waals surface area contributed by atoms with Gasteiger partial charge in [-0.1, -0.05) is 35.3 Å². The van der Waals surface area contributed by atoms with Crippen molar-refractivity contribution >= 4 is 61.8 Å². The molecule has 134 valence electrons. The van der Waals surface area contributed by atoms with E-state index in [1.54, 1.807) is 44.2 Å². The molecule has 5 nitrogen and oxygen atoms in total. The number of benzene rings is 1. The van der Waals surface area contributed by atoms with Crippen molar-refractivity contribution in [1.82, 2.24) is 9.97 Å². The highest BCUT2D eigenvalue weighted by atomic mass is 35.5. The van der Waals surface area contributed by atoms with Gasteiger partial charge in [0.15, 0.2) is 5.82 Å². The summed E-state index contributed by atoms with van der Waals surface area (Å²) in [6, 6.07) is 6.62. The molecule has 0 atom stereocenters. The summed E-state index contributed by atoms with van der Waals surface area (Å²) in [5.74, 6) is -0.0400. The van der Waals surface area contributed by atoms with E-state index < -0.39 is 5.97 Å². The third-order valence-corrected chi connectivity index (χ3v) is 5.30. The molecule has 0 aliphatic rings. The Hall–Kier alpha value is -2.15. The first kappa shape index (κ1) is 18.6. The number of thiophene rings is 1. The third kappa shape index (κ3) is 3.67. The molecule has 1 aromatic carbocycles. The molecule has 0 unspecified atom stereocenters. The average Bonchev–Trinajstić information content (AvgIpc) is 2.92. The van der Waals surface area contributed by atoms with Gasteiger partial charge in [-0.05, 0) is 43.2 Å². The van der Waals surface area contributed by atoms with E-state index in [1.165, 1.54) is 11.3 Å². The summed E-state index contributed by atoms with van der Waals surface area (Å²) >= 11 is 13.8. The van der Waals surface area contributed by atoms with E-state index in [0.29, 0.717) is 26.2 Å². The van der Waals surface area contributed by atoms with Gasteiger partial charge in [0.25, 0.3) is 0 Å². The van der Waals surface area contributed by atoms with Crippen LogP contribution in [-0.2, 0) is 4.74 Å². The summed E-state index contributed by atoms with van der Waals surface area (Å²) < 4.78 is 5.07. The molecule has 2 heterocycles. The quantitative estimate of drug-likeness (QED) is 0.469. The number of phenols is 1. The van der Waals surface area contributed by atoms with Crippen LogP contribution in [0.1, 0.15) is 33.5 Å². The highest BCUT2D eigenvalue weighted by molar-refractivity contribution is 7.20. The number of hydrogen-bond donors (Lipinski definition) is 1. The van der Waals surface area contributed by atoms with E-state index in [9.17, 15) is 9.90 Å². The summed E-state index contributed by atoms with van der Waals surface area (Å²) in [6.45, 7) is 3.82. The van der Waals surface area contributed by atoms with Gasteiger partial charge in [0, 0.05) is 0 Å². The number of rotatable bonds is 4. The fourth-order valence-electron chi connectivity index (χ4n) is 2.41. The van der Waals surface area contributed by atoms with Crippen molar-refractivity contribution in [2.75, 3.05) is 6.61 Å². The molecule has 3 rings (SSSR count). The van der Waals surface area contributed by atoms with E-state index in [4.69, 9.17) is 27.9 Å². The molecular formula is C18H14Cl2N2O3S. The monoisotopic (exact) mass is 408 g/mol. The number of ether oxygens (including phenoxy) is 1. The topological polar surface area (TPSA) is 72.3 Å². The summed E-state index contributed by atoms with van der Waals surface area (Å²) in [5.41, 5.74) is 1.39. The number of aromatic hydroxyl groups is 1. The molecule has 2 aromatic heterocycles. The predicted molar refractivity (Wildman–Crippen MR) is 105 cm³/mol. The van der Waals surface area contributed by atoms with Gasteiger partial charge in [-0.3, -0.25) is 0 Å². The Labute approximate surface area is 163 Å². The molecular weight excluding hydrogens is 395 g/mol. The maximum Gasteiger partial charge on any atom is 0.348 e. The first-order valence-electron chi connectivity index (χ1n) is 7.71. The zero-order chi connectivity index (χ0) is 18.8. The molecule has 0 saturated carbocycles. The van der Waals surface area contributed by atoms with Gasteiger partial charge in [-0.25, -0.2) is 14.8 Å². The predicted octanol–water partition coefficient (Wildman–Crippen LogP) is 5.27. The summed E-state index contributed by atoms with van der Waals surface area (Å²) in [5, 5.41) is 10.6. The smallest absolute Gasteiger partial charge is 0.348 e. The molecule has 1 N–H and O–H groups in total. The van der Waals surface area contributed by atoms with Gasteiger partial charge in [-0.2, -0.15) is 0 Å². The van der Waals surface area contributed by atoms with Crippen LogP contribution >= 0.6 is 34.5 Å². The lowest BCUT2D eigenvalue weighted by Gasteiger charge is -2.02. The number of phenolic OH excluding ortho intramolecular Hbond substituents is 1. The maximum absolute atomic E-state index is 12.1. The number of carbonyl (C=O) groups excluding carboxylic acids is 1. The van der Waals surface area contributed by atoms with E-state index in [0.717, 1.165) is 0 Å². The number of halogens is 2. The number of nitrogens with zero attached hydrogens (tertiary/aromatic N) is 2. The van der Waals surface area contributed by atoms with Crippen LogP contribution < -0.4 is 0 Å². The average molecular weight is 409 g/mol. The molecule has 0 radical (unpaired) electrons. The molecule has 8 heteroatoms. The molecule has 0 saturated heterocycles. The van der Waals surface area contributed by atoms with Crippen LogP contribution in [0.3, 0.4) is 0 Å². The van der Waals surface area contributed by atoms with E-state index in [-0.39, 0.29) is 28.4 Å². The van der Waals surface area contributed by atoms with Crippen LogP contribution in [0.4, 0.5) is 0 Å². The number of carbonyl (C=O) groups is 1. The lowest BCUT2D eigenvalue weighted by molar-refractivity contribution is 0.0531. The molecule has 0 aliphatic carbocycles. The van der Waals surface area contributed by atoms with Crippen LogP contribution in [0.5, 0.6) is 5.75 Å². The lowest BCUT2D eigenvalue weighted by atomic mass is 10.2. The minimum atomic E-state index is -0.410. The number of aryl methyl sites for hydroxylation is 1. The zero-order valence-electron chi connectivity index (χ0n) is 13.9. The molecule has 26 heavy (non-hydrogen) atoms. The zero-order valence-corrected chi connectivity index (χ0v) is 16.2. The van der Waals surface area contributed by atoms with E-state index >= 15 is 0 Å². The van der Waals surface area contributed by atoms with Crippen LogP contribution in [0.2, 0.25) is 5.15 Å². The molecule has 0 spiro atoms. The van der Waals surface area contributed by atoms with Gasteiger partial charge in [0.05, 0.1) is 17.0 Å². The largest absolute Gasteiger partial charge is 0.508 e. The highest BCUT2D eigenvalue weighted by Crippen LogP contribution is 2.35. The fraction of sp³-hybridized carbons (Fsp3) is 0.167. The Morgan fingerprint density at radius 3 is 2.85 bits per heavy atom. The summed E-state index contributed by atoms with van der Waals surface area (Å²) in [6.07, 6.45) is 1.63. The van der Waals surface area contributed by atoms with Crippen molar-refractivity contribution in [2.45, 2.75) is 13.8 Å². The van der Waals surface area contributed by atoms with Crippen molar-refractivity contribution < 1.29 is 14.6 Å². The summed E-state index contributed by atoms with van der Waals surface area (Å²) in [4.78, 5) is 21.8.